The number of phosphoric acid groups is 1. The number of carbonyl (C=O) groups excluding carboxylic acids is 1. The molecule has 0 aromatic carbocycles. The highest BCUT2D eigenvalue weighted by molar-refractivity contribution is 7.47. The third kappa shape index (κ3) is 63.1. The lowest BCUT2D eigenvalue weighted by molar-refractivity contribution is -0.870. The van der Waals surface area contributed by atoms with Crippen LogP contribution in [0.2, 0.25) is 0 Å². The molecule has 0 spiro atoms. The number of hydrogen-bond donors (Lipinski definition) is 3. The Morgan fingerprint density at radius 1 is 0.443 bits per heavy atom. The minimum absolute atomic E-state index is 0.0577. The van der Waals surface area contributed by atoms with Gasteiger partial charge in [-0.3, -0.25) is 13.8 Å². The average Bonchev–Trinajstić information content (AvgIpc) is 3.42. The van der Waals surface area contributed by atoms with Crippen molar-refractivity contribution >= 4 is 13.7 Å². The van der Waals surface area contributed by atoms with Crippen LogP contribution in [0.25, 0.3) is 0 Å². The number of aliphatic hydroxyl groups is 1. The third-order valence-corrected chi connectivity index (χ3v) is 15.9. The number of aliphatic hydroxyl groups excluding tert-OH is 1. The maximum absolute atomic E-state index is 13.0. The van der Waals surface area contributed by atoms with Gasteiger partial charge in [0, 0.05) is 6.42 Å². The fourth-order valence-corrected chi connectivity index (χ4v) is 10.4. The summed E-state index contributed by atoms with van der Waals surface area (Å²) in [5.74, 6) is -0.181. The van der Waals surface area contributed by atoms with E-state index in [9.17, 15) is 19.4 Å². The fourth-order valence-electron chi connectivity index (χ4n) is 9.70. The highest BCUT2D eigenvalue weighted by Crippen LogP contribution is 2.43. The molecule has 0 aliphatic carbocycles. The second-order valence-electron chi connectivity index (χ2n) is 23.8. The summed E-state index contributed by atoms with van der Waals surface area (Å²) in [4.78, 5) is 23.4. The van der Waals surface area contributed by atoms with Crippen LogP contribution in [0.1, 0.15) is 303 Å². The highest BCUT2D eigenvalue weighted by Gasteiger charge is 2.28. The van der Waals surface area contributed by atoms with Gasteiger partial charge in [0.1, 0.15) is 13.2 Å². The van der Waals surface area contributed by atoms with Crippen molar-refractivity contribution in [1.82, 2.24) is 5.32 Å². The van der Waals surface area contributed by atoms with Gasteiger partial charge in [-0.15, -0.1) is 0 Å². The standard InChI is InChI=1S/C70H129N2O6P/c1-6-8-10-12-14-16-18-20-22-24-26-28-30-32-34-36-38-40-42-44-46-48-50-52-54-56-58-60-62-64-70(74)71-68(67-78-79(75,76)77-66-65-72(3,4)5)69(73)63-61-59-57-55-53-51-49-47-45-43-41-39-37-35-33-31-29-27-25-23-21-19-17-15-13-11-9-7-2/h8,10,14,16,20,22,26,28,32,34,38,40,61,63,68-69,73H,6-7,9,11-13,15,17-19,21,23-25,27,29-31,33,35-37,39,41-60,62,64-67H2,1-5H3,(H-,71,74,75,76)/p+1/b10-8-,16-14-,22-20-,28-26-,34-32-,40-38-,63-61+. The van der Waals surface area contributed by atoms with Crippen LogP contribution in [0.15, 0.2) is 85.1 Å². The van der Waals surface area contributed by atoms with Crippen molar-refractivity contribution in [3.05, 3.63) is 85.1 Å². The van der Waals surface area contributed by atoms with E-state index in [1.54, 1.807) is 6.08 Å². The molecule has 0 aliphatic heterocycles. The van der Waals surface area contributed by atoms with E-state index in [4.69, 9.17) is 9.05 Å². The first-order chi connectivity index (χ1) is 38.5. The van der Waals surface area contributed by atoms with Crippen LogP contribution in [-0.4, -0.2) is 73.4 Å². The Bertz CT molecular complexity index is 1560. The van der Waals surface area contributed by atoms with Crippen LogP contribution in [-0.2, 0) is 18.4 Å². The van der Waals surface area contributed by atoms with E-state index in [1.165, 1.54) is 199 Å². The maximum Gasteiger partial charge on any atom is 0.472 e. The van der Waals surface area contributed by atoms with Crippen molar-refractivity contribution < 1.29 is 32.9 Å². The van der Waals surface area contributed by atoms with E-state index in [0.717, 1.165) is 83.5 Å². The average molecular weight is 1130 g/mol. The first-order valence-corrected chi connectivity index (χ1v) is 35.0. The van der Waals surface area contributed by atoms with Gasteiger partial charge in [-0.25, -0.2) is 4.57 Å². The third-order valence-electron chi connectivity index (χ3n) is 14.9. The second kappa shape index (κ2) is 60.3. The maximum atomic E-state index is 13.0. The number of nitrogens with one attached hydrogen (secondary N) is 1. The Labute approximate surface area is 490 Å². The summed E-state index contributed by atoms with van der Waals surface area (Å²) in [6.07, 6.45) is 85.7. The molecular formula is C70H130N2O6P+. The zero-order chi connectivity index (χ0) is 57.7. The lowest BCUT2D eigenvalue weighted by atomic mass is 10.0. The molecule has 0 aromatic rings. The number of rotatable bonds is 61. The molecule has 3 N–H and O–H groups in total. The Hall–Kier alpha value is -2.32. The molecule has 3 atom stereocenters. The highest BCUT2D eigenvalue weighted by atomic mass is 31.2. The van der Waals surface area contributed by atoms with Crippen molar-refractivity contribution in [3.8, 4) is 0 Å². The Balaban J connectivity index is 4.14. The Morgan fingerprint density at radius 2 is 0.759 bits per heavy atom. The summed E-state index contributed by atoms with van der Waals surface area (Å²) in [5.41, 5.74) is 0. The summed E-state index contributed by atoms with van der Waals surface area (Å²) in [6, 6.07) is -0.856. The zero-order valence-electron chi connectivity index (χ0n) is 52.6. The van der Waals surface area contributed by atoms with E-state index in [1.807, 2.05) is 27.2 Å². The molecule has 0 rings (SSSR count). The number of hydrogen-bond acceptors (Lipinski definition) is 5. The van der Waals surface area contributed by atoms with Crippen LogP contribution < -0.4 is 5.32 Å². The van der Waals surface area contributed by atoms with E-state index in [-0.39, 0.29) is 19.1 Å². The van der Waals surface area contributed by atoms with Gasteiger partial charge < -0.3 is 19.8 Å². The van der Waals surface area contributed by atoms with Crippen LogP contribution in [0, 0.1) is 0 Å². The molecule has 0 fully saturated rings. The number of nitrogens with zero attached hydrogens (tertiary/aromatic N) is 1. The molecule has 0 saturated heterocycles. The number of phosphoric ester groups is 1. The van der Waals surface area contributed by atoms with E-state index < -0.39 is 20.0 Å². The van der Waals surface area contributed by atoms with Gasteiger partial charge in [-0.1, -0.05) is 311 Å². The zero-order valence-corrected chi connectivity index (χ0v) is 53.5. The molecule has 0 bridgehead atoms. The van der Waals surface area contributed by atoms with Crippen molar-refractivity contribution in [2.45, 2.75) is 315 Å². The van der Waals surface area contributed by atoms with Gasteiger partial charge in [0.25, 0.3) is 0 Å². The van der Waals surface area contributed by atoms with Crippen molar-refractivity contribution in [3.63, 3.8) is 0 Å². The predicted molar refractivity (Wildman–Crippen MR) is 346 cm³/mol. The topological polar surface area (TPSA) is 105 Å². The Kier molecular flexibility index (Phi) is 58.5. The van der Waals surface area contributed by atoms with Crippen molar-refractivity contribution in [2.75, 3.05) is 40.9 Å². The van der Waals surface area contributed by atoms with Crippen LogP contribution in [0.5, 0.6) is 0 Å². The Morgan fingerprint density at radius 3 is 1.11 bits per heavy atom. The summed E-state index contributed by atoms with van der Waals surface area (Å²) in [7, 11) is 1.57. The van der Waals surface area contributed by atoms with Gasteiger partial charge >= 0.3 is 7.82 Å². The molecule has 0 saturated carbocycles. The van der Waals surface area contributed by atoms with Crippen LogP contribution in [0.3, 0.4) is 0 Å². The molecule has 79 heavy (non-hydrogen) atoms. The van der Waals surface area contributed by atoms with Gasteiger partial charge in [0.2, 0.25) is 5.91 Å². The van der Waals surface area contributed by atoms with Gasteiger partial charge in [0.05, 0.1) is 39.9 Å². The van der Waals surface area contributed by atoms with Gasteiger partial charge in [-0.05, 0) is 70.6 Å². The molecule has 0 aromatic heterocycles. The molecule has 1 amide bonds. The number of amides is 1. The summed E-state index contributed by atoms with van der Waals surface area (Å²) in [6.45, 7) is 4.73. The SMILES string of the molecule is CC/C=C\C/C=C\C/C=C\C/C=C\C/C=C\C/C=C\CCCCCCCCCCCCC(=O)NC(COP(=O)(O)OCC[N+](C)(C)C)C(O)/C=C/CCCCCCCCCCCCCCCCCCCCCCCCCCCC. The molecule has 0 aliphatic rings. The first-order valence-electron chi connectivity index (χ1n) is 33.5. The summed E-state index contributed by atoms with van der Waals surface area (Å²) in [5, 5.41) is 14.0. The normalized spacial score (nSPS) is 14.3. The molecule has 460 valence electrons. The second-order valence-corrected chi connectivity index (χ2v) is 25.3. The quantitative estimate of drug-likeness (QED) is 0.0243. The van der Waals surface area contributed by atoms with E-state index in [2.05, 4.69) is 92.1 Å². The van der Waals surface area contributed by atoms with Crippen molar-refractivity contribution in [1.29, 1.82) is 0 Å². The van der Waals surface area contributed by atoms with E-state index in [0.29, 0.717) is 17.4 Å². The predicted octanol–water partition coefficient (Wildman–Crippen LogP) is 21.2. The lowest BCUT2D eigenvalue weighted by Gasteiger charge is -2.25. The van der Waals surface area contributed by atoms with E-state index >= 15 is 0 Å². The molecule has 8 nitrogen and oxygen atoms in total. The fraction of sp³-hybridized carbons (Fsp3) is 0.786. The molecule has 9 heteroatoms. The first kappa shape index (κ1) is 76.7. The minimum atomic E-state index is -4.36. The van der Waals surface area contributed by atoms with Gasteiger partial charge in [-0.2, -0.15) is 0 Å². The monoisotopic (exact) mass is 1130 g/mol. The molecule has 0 heterocycles. The molecular weight excluding hydrogens is 996 g/mol. The van der Waals surface area contributed by atoms with Gasteiger partial charge in [0.15, 0.2) is 0 Å². The number of allylic oxidation sites excluding steroid dienone is 13. The number of carbonyl (C=O) groups is 1. The molecule has 0 radical (unpaired) electrons. The smallest absolute Gasteiger partial charge is 0.387 e. The van der Waals surface area contributed by atoms with Crippen LogP contribution in [0.4, 0.5) is 0 Å². The number of unbranched alkanes of at least 4 members (excludes halogenated alkanes) is 36. The number of quaternary nitrogens is 1. The largest absolute Gasteiger partial charge is 0.472 e. The molecule has 3 unspecified atom stereocenters. The minimum Gasteiger partial charge on any atom is -0.387 e. The van der Waals surface area contributed by atoms with Crippen LogP contribution >= 0.6 is 7.82 Å². The number of likely N-dealkylation sites (N-methyl/N-ethyl adjacent to an activating group) is 1. The van der Waals surface area contributed by atoms with Crippen molar-refractivity contribution in [2.24, 2.45) is 0 Å². The lowest BCUT2D eigenvalue weighted by Crippen LogP contribution is -2.45. The summed E-state index contributed by atoms with van der Waals surface area (Å²) < 4.78 is 23.8. The summed E-state index contributed by atoms with van der Waals surface area (Å²) >= 11 is 0.